The van der Waals surface area contributed by atoms with Crippen LogP contribution in [0, 0.1) is 25.7 Å². The molecule has 3 rings (SSSR count). The lowest BCUT2D eigenvalue weighted by Gasteiger charge is -2.34. The zero-order valence-corrected chi connectivity index (χ0v) is 18.5. The third-order valence-corrected chi connectivity index (χ3v) is 6.49. The van der Waals surface area contributed by atoms with Gasteiger partial charge in [0.1, 0.15) is 0 Å². The highest BCUT2D eigenvalue weighted by molar-refractivity contribution is 7.98. The average Bonchev–Trinajstić information content (AvgIpc) is 3.10. The standard InChI is InChI=1S/C20H29N5O3S/c1-11-7-6-8-16(12(11)2)22-17(26)10-28-18(27)9-15-13(3)21-19-23-20(29-5)24-25(19)14(15)4/h11-12,16H,6-10H2,1-5H3,(H,22,26)/t11-,12+,16-/m1/s1. The Morgan fingerprint density at radius 1 is 1.24 bits per heavy atom. The van der Waals surface area contributed by atoms with E-state index in [-0.39, 0.29) is 25.0 Å². The van der Waals surface area contributed by atoms with Gasteiger partial charge in [-0.25, -0.2) is 9.50 Å². The number of ether oxygens (including phenoxy) is 1. The molecule has 0 aromatic carbocycles. The summed E-state index contributed by atoms with van der Waals surface area (Å²) in [5.41, 5.74) is 2.25. The Labute approximate surface area is 175 Å². The first-order valence-electron chi connectivity index (χ1n) is 10.0. The topological polar surface area (TPSA) is 98.5 Å². The predicted octanol–water partition coefficient (Wildman–Crippen LogP) is 2.49. The summed E-state index contributed by atoms with van der Waals surface area (Å²) in [6.45, 7) is 7.84. The molecule has 0 aliphatic heterocycles. The maximum absolute atomic E-state index is 12.3. The molecule has 1 saturated carbocycles. The normalized spacial score (nSPS) is 21.9. The van der Waals surface area contributed by atoms with Crippen LogP contribution in [0.25, 0.3) is 5.78 Å². The second-order valence-corrected chi connectivity index (χ2v) is 8.62. The van der Waals surface area contributed by atoms with Crippen LogP contribution in [0.1, 0.15) is 50.1 Å². The number of fused-ring (bicyclic) bond motifs is 1. The van der Waals surface area contributed by atoms with Crippen molar-refractivity contribution in [1.82, 2.24) is 24.9 Å². The molecule has 1 fully saturated rings. The minimum absolute atomic E-state index is 0.0409. The molecule has 3 atom stereocenters. The molecule has 1 amide bonds. The summed E-state index contributed by atoms with van der Waals surface area (Å²) in [6.07, 6.45) is 5.23. The summed E-state index contributed by atoms with van der Waals surface area (Å²) in [5, 5.41) is 8.03. The molecule has 1 N–H and O–H groups in total. The molecule has 29 heavy (non-hydrogen) atoms. The van der Waals surface area contributed by atoms with Gasteiger partial charge in [-0.15, -0.1) is 5.10 Å². The van der Waals surface area contributed by atoms with E-state index in [0.717, 1.165) is 24.1 Å². The minimum atomic E-state index is -0.456. The number of rotatable bonds is 6. The third kappa shape index (κ3) is 4.88. The van der Waals surface area contributed by atoms with Crippen molar-refractivity contribution in [2.45, 2.75) is 64.6 Å². The second kappa shape index (κ2) is 9.11. The summed E-state index contributed by atoms with van der Waals surface area (Å²) >= 11 is 1.44. The maximum atomic E-state index is 12.3. The van der Waals surface area contributed by atoms with Crippen LogP contribution < -0.4 is 5.32 Å². The van der Waals surface area contributed by atoms with Crippen LogP contribution in [0.4, 0.5) is 0 Å². The van der Waals surface area contributed by atoms with Gasteiger partial charge in [0.25, 0.3) is 11.7 Å². The van der Waals surface area contributed by atoms with E-state index >= 15 is 0 Å². The molecular formula is C20H29N5O3S. The summed E-state index contributed by atoms with van der Waals surface area (Å²) in [7, 11) is 0. The van der Waals surface area contributed by atoms with Gasteiger partial charge in [-0.2, -0.15) is 4.98 Å². The molecule has 2 heterocycles. The highest BCUT2D eigenvalue weighted by atomic mass is 32.2. The Balaban J connectivity index is 1.58. The predicted molar refractivity (Wildman–Crippen MR) is 111 cm³/mol. The van der Waals surface area contributed by atoms with E-state index < -0.39 is 5.97 Å². The molecule has 158 valence electrons. The lowest BCUT2D eigenvalue weighted by molar-refractivity contribution is -0.148. The number of aryl methyl sites for hydroxylation is 2. The number of amides is 1. The summed E-state index contributed by atoms with van der Waals surface area (Å²) in [5.74, 6) is 0.834. The number of nitrogens with zero attached hydrogens (tertiary/aromatic N) is 4. The zero-order chi connectivity index (χ0) is 21.1. The fraction of sp³-hybridized carbons (Fsp3) is 0.650. The van der Waals surface area contributed by atoms with E-state index in [1.54, 1.807) is 4.52 Å². The lowest BCUT2D eigenvalue weighted by Crippen LogP contribution is -2.45. The molecule has 1 aliphatic rings. The quantitative estimate of drug-likeness (QED) is 0.567. The van der Waals surface area contributed by atoms with E-state index in [4.69, 9.17) is 4.74 Å². The number of hydrogen-bond acceptors (Lipinski definition) is 7. The highest BCUT2D eigenvalue weighted by Gasteiger charge is 2.28. The van der Waals surface area contributed by atoms with Crippen molar-refractivity contribution in [3.8, 4) is 0 Å². The van der Waals surface area contributed by atoms with Gasteiger partial charge < -0.3 is 10.1 Å². The fourth-order valence-corrected chi connectivity index (χ4v) is 4.24. The molecule has 0 saturated heterocycles. The Morgan fingerprint density at radius 2 is 2.00 bits per heavy atom. The van der Waals surface area contributed by atoms with Gasteiger partial charge in [0.2, 0.25) is 5.16 Å². The van der Waals surface area contributed by atoms with Crippen LogP contribution in [-0.2, 0) is 20.7 Å². The highest BCUT2D eigenvalue weighted by Crippen LogP contribution is 2.29. The average molecular weight is 420 g/mol. The second-order valence-electron chi connectivity index (χ2n) is 7.85. The molecule has 9 heteroatoms. The molecular weight excluding hydrogens is 390 g/mol. The first-order valence-corrected chi connectivity index (χ1v) is 11.2. The van der Waals surface area contributed by atoms with Crippen LogP contribution in [0.15, 0.2) is 5.16 Å². The number of esters is 1. The Hall–Kier alpha value is -2.16. The molecule has 2 aromatic rings. The molecule has 0 spiro atoms. The largest absolute Gasteiger partial charge is 0.455 e. The number of nitrogens with one attached hydrogen (secondary N) is 1. The van der Waals surface area contributed by atoms with Gasteiger partial charge in [0.15, 0.2) is 6.61 Å². The Morgan fingerprint density at radius 3 is 2.72 bits per heavy atom. The van der Waals surface area contributed by atoms with E-state index in [1.807, 2.05) is 20.1 Å². The SMILES string of the molecule is CSc1nc2nc(C)c(CC(=O)OCC(=O)N[C@@H]3CCC[C@@H](C)[C@@H]3C)c(C)n2n1. The van der Waals surface area contributed by atoms with Gasteiger partial charge in [-0.3, -0.25) is 9.59 Å². The Kier molecular flexibility index (Phi) is 6.77. The van der Waals surface area contributed by atoms with Gasteiger partial charge in [-0.1, -0.05) is 38.5 Å². The monoisotopic (exact) mass is 419 g/mol. The van der Waals surface area contributed by atoms with Crippen molar-refractivity contribution < 1.29 is 14.3 Å². The number of thioether (sulfide) groups is 1. The van der Waals surface area contributed by atoms with Gasteiger partial charge in [0.05, 0.1) is 6.42 Å². The maximum Gasteiger partial charge on any atom is 0.310 e. The van der Waals surface area contributed by atoms with Crippen LogP contribution in [0.5, 0.6) is 0 Å². The van der Waals surface area contributed by atoms with Gasteiger partial charge in [0, 0.05) is 23.0 Å². The van der Waals surface area contributed by atoms with Crippen molar-refractivity contribution >= 4 is 29.4 Å². The number of hydrogen-bond donors (Lipinski definition) is 1. The molecule has 8 nitrogen and oxygen atoms in total. The lowest BCUT2D eigenvalue weighted by atomic mass is 9.78. The van der Waals surface area contributed by atoms with Gasteiger partial charge >= 0.3 is 5.97 Å². The van der Waals surface area contributed by atoms with Crippen LogP contribution in [-0.4, -0.2) is 50.4 Å². The smallest absolute Gasteiger partial charge is 0.310 e. The van der Waals surface area contributed by atoms with Crippen molar-refractivity contribution in [3.05, 3.63) is 17.0 Å². The van der Waals surface area contributed by atoms with Crippen molar-refractivity contribution in [2.24, 2.45) is 11.8 Å². The minimum Gasteiger partial charge on any atom is -0.455 e. The number of carbonyl (C=O) groups excluding carboxylic acids is 2. The first-order chi connectivity index (χ1) is 13.8. The van der Waals surface area contributed by atoms with Crippen LogP contribution in [0.3, 0.4) is 0 Å². The van der Waals surface area contributed by atoms with Crippen LogP contribution >= 0.6 is 11.8 Å². The molecule has 1 aliphatic carbocycles. The third-order valence-electron chi connectivity index (χ3n) is 5.95. The molecule has 0 unspecified atom stereocenters. The molecule has 0 radical (unpaired) electrons. The van der Waals surface area contributed by atoms with Crippen LogP contribution in [0.2, 0.25) is 0 Å². The van der Waals surface area contributed by atoms with Gasteiger partial charge in [-0.05, 0) is 38.4 Å². The van der Waals surface area contributed by atoms with Crippen molar-refractivity contribution in [1.29, 1.82) is 0 Å². The molecule has 2 aromatic heterocycles. The summed E-state index contributed by atoms with van der Waals surface area (Å²) < 4.78 is 6.87. The summed E-state index contributed by atoms with van der Waals surface area (Å²) in [4.78, 5) is 33.4. The Bertz CT molecular complexity index is 913. The summed E-state index contributed by atoms with van der Waals surface area (Å²) in [6, 6.07) is 0.152. The van der Waals surface area contributed by atoms with E-state index in [9.17, 15) is 9.59 Å². The first kappa shape index (κ1) is 21.5. The molecule has 0 bridgehead atoms. The van der Waals surface area contributed by atoms with E-state index in [1.165, 1.54) is 18.2 Å². The number of aromatic nitrogens is 4. The van der Waals surface area contributed by atoms with E-state index in [0.29, 0.717) is 28.5 Å². The number of carbonyl (C=O) groups is 2. The fourth-order valence-electron chi connectivity index (χ4n) is 3.91. The van der Waals surface area contributed by atoms with Crippen molar-refractivity contribution in [2.75, 3.05) is 12.9 Å². The van der Waals surface area contributed by atoms with E-state index in [2.05, 4.69) is 34.2 Å². The van der Waals surface area contributed by atoms with Crippen molar-refractivity contribution in [3.63, 3.8) is 0 Å². The zero-order valence-electron chi connectivity index (χ0n) is 17.7.